The standard InChI is InChI=1S/C70H67N/c1-66(2,3)48-28-31-54-55-32-29-49(67(4,5)6)38-62(55)70(61(54)37-48)58-20-13-10-18-56(58)65-59(70)21-15-23-64(65)71(50-30-33-53-52-17-9-12-19-57(52)68(7,8)60(53)39-50)63-22-14-11-16-51(63)46-24-26-47(27-25-46)69-40-43-34-44(41-69)36-45(35-43)42-69/h9-33,37-39,43-45H,34-36,40-42H2,1-8H3. The minimum Gasteiger partial charge on any atom is -0.309 e. The van der Waals surface area contributed by atoms with Crippen molar-refractivity contribution in [3.05, 3.63) is 220 Å². The molecule has 7 aliphatic rings. The fourth-order valence-corrected chi connectivity index (χ4v) is 16.0. The Kier molecular flexibility index (Phi) is 9.05. The molecular weight excluding hydrogens is 855 g/mol. The summed E-state index contributed by atoms with van der Waals surface area (Å²) >= 11 is 0. The second kappa shape index (κ2) is 14.8. The lowest BCUT2D eigenvalue weighted by atomic mass is 9.48. The Morgan fingerprint density at radius 3 is 1.52 bits per heavy atom. The van der Waals surface area contributed by atoms with Gasteiger partial charge in [0.05, 0.1) is 16.8 Å². The van der Waals surface area contributed by atoms with Crippen molar-refractivity contribution in [3.8, 4) is 44.5 Å². The van der Waals surface area contributed by atoms with Gasteiger partial charge in [-0.1, -0.05) is 201 Å². The smallest absolute Gasteiger partial charge is 0.0726 e. The van der Waals surface area contributed by atoms with Crippen LogP contribution in [0.5, 0.6) is 0 Å². The lowest BCUT2D eigenvalue weighted by molar-refractivity contribution is -0.00518. The number of benzene rings is 8. The minimum absolute atomic E-state index is 0.0146. The predicted octanol–water partition coefficient (Wildman–Crippen LogP) is 18.5. The van der Waals surface area contributed by atoms with Crippen molar-refractivity contribution >= 4 is 17.1 Å². The van der Waals surface area contributed by atoms with E-state index >= 15 is 0 Å². The molecule has 0 aliphatic heterocycles. The Morgan fingerprint density at radius 2 is 0.901 bits per heavy atom. The van der Waals surface area contributed by atoms with Gasteiger partial charge in [-0.15, -0.1) is 0 Å². The van der Waals surface area contributed by atoms with Crippen LogP contribution >= 0.6 is 0 Å². The van der Waals surface area contributed by atoms with Crippen molar-refractivity contribution in [3.63, 3.8) is 0 Å². The molecule has 1 nitrogen and oxygen atoms in total. The first-order chi connectivity index (χ1) is 34.1. The van der Waals surface area contributed by atoms with Crippen LogP contribution in [0, 0.1) is 17.8 Å². The van der Waals surface area contributed by atoms with E-state index in [2.05, 4.69) is 230 Å². The number of nitrogens with zero attached hydrogens (tertiary/aromatic N) is 1. The first-order valence-corrected chi connectivity index (χ1v) is 26.9. The molecular formula is C70H67N. The predicted molar refractivity (Wildman–Crippen MR) is 298 cm³/mol. The minimum atomic E-state index is -0.505. The second-order valence-electron chi connectivity index (χ2n) is 25.5. The largest absolute Gasteiger partial charge is 0.309 e. The molecule has 0 amide bonds. The maximum Gasteiger partial charge on any atom is 0.0726 e. The zero-order valence-corrected chi connectivity index (χ0v) is 43.1. The molecule has 0 saturated heterocycles. The summed E-state index contributed by atoms with van der Waals surface area (Å²) in [6.45, 7) is 19.0. The van der Waals surface area contributed by atoms with Crippen LogP contribution in [0.15, 0.2) is 170 Å². The van der Waals surface area contributed by atoms with Gasteiger partial charge in [0, 0.05) is 22.2 Å². The molecule has 4 fully saturated rings. The van der Waals surface area contributed by atoms with Gasteiger partial charge in [-0.3, -0.25) is 0 Å². The summed E-state index contributed by atoms with van der Waals surface area (Å²) in [5.74, 6) is 2.76. The lowest BCUT2D eigenvalue weighted by Gasteiger charge is -2.57. The van der Waals surface area contributed by atoms with Crippen LogP contribution in [0.3, 0.4) is 0 Å². The van der Waals surface area contributed by atoms with E-state index in [-0.39, 0.29) is 16.2 Å². The number of hydrogen-bond acceptors (Lipinski definition) is 1. The van der Waals surface area contributed by atoms with E-state index < -0.39 is 5.41 Å². The number of rotatable bonds is 5. The van der Waals surface area contributed by atoms with Crippen LogP contribution in [0.2, 0.25) is 0 Å². The maximum atomic E-state index is 2.64. The Hall–Kier alpha value is -6.44. The van der Waals surface area contributed by atoms with E-state index in [9.17, 15) is 0 Å². The molecule has 8 aromatic rings. The monoisotopic (exact) mass is 922 g/mol. The van der Waals surface area contributed by atoms with Crippen molar-refractivity contribution in [1.29, 1.82) is 0 Å². The van der Waals surface area contributed by atoms with Gasteiger partial charge in [0.2, 0.25) is 0 Å². The molecule has 0 radical (unpaired) electrons. The van der Waals surface area contributed by atoms with Gasteiger partial charge >= 0.3 is 0 Å². The Morgan fingerprint density at radius 1 is 0.408 bits per heavy atom. The van der Waals surface area contributed by atoms with Crippen molar-refractivity contribution in [2.45, 2.75) is 121 Å². The zero-order chi connectivity index (χ0) is 48.4. The zero-order valence-electron chi connectivity index (χ0n) is 43.1. The van der Waals surface area contributed by atoms with Gasteiger partial charge in [-0.25, -0.2) is 0 Å². The first kappa shape index (κ1) is 43.4. The molecule has 352 valence electrons. The fraction of sp³-hybridized carbons (Fsp3) is 0.314. The van der Waals surface area contributed by atoms with Crippen LogP contribution in [0.25, 0.3) is 44.5 Å². The summed E-state index contributed by atoms with van der Waals surface area (Å²) in [6, 6.07) is 67.2. The van der Waals surface area contributed by atoms with E-state index in [1.807, 2.05) is 0 Å². The van der Waals surface area contributed by atoms with E-state index in [4.69, 9.17) is 0 Å². The molecule has 8 aromatic carbocycles. The molecule has 0 N–H and O–H groups in total. The molecule has 0 heterocycles. The topological polar surface area (TPSA) is 3.24 Å². The highest BCUT2D eigenvalue weighted by molar-refractivity contribution is 6.03. The molecule has 15 rings (SSSR count). The van der Waals surface area contributed by atoms with Gasteiger partial charge < -0.3 is 4.90 Å². The van der Waals surface area contributed by atoms with E-state index in [1.54, 1.807) is 5.56 Å². The van der Waals surface area contributed by atoms with Gasteiger partial charge in [-0.05, 0) is 180 Å². The van der Waals surface area contributed by atoms with E-state index in [0.717, 1.165) is 17.8 Å². The number of anilines is 3. The van der Waals surface area contributed by atoms with Crippen molar-refractivity contribution in [2.75, 3.05) is 4.90 Å². The Balaban J connectivity index is 1.02. The molecule has 4 saturated carbocycles. The third-order valence-corrected chi connectivity index (χ3v) is 19.0. The summed E-state index contributed by atoms with van der Waals surface area (Å²) in [5.41, 5.74) is 26.5. The van der Waals surface area contributed by atoms with Crippen LogP contribution in [-0.2, 0) is 27.1 Å². The molecule has 0 aromatic heterocycles. The van der Waals surface area contributed by atoms with Crippen molar-refractivity contribution < 1.29 is 0 Å². The van der Waals surface area contributed by atoms with Crippen LogP contribution < -0.4 is 4.90 Å². The Labute approximate surface area is 423 Å². The molecule has 0 unspecified atom stereocenters. The summed E-state index contributed by atoms with van der Waals surface area (Å²) in [4.78, 5) is 2.64. The third kappa shape index (κ3) is 6.11. The maximum absolute atomic E-state index is 2.64. The summed E-state index contributed by atoms with van der Waals surface area (Å²) in [7, 11) is 0. The van der Waals surface area contributed by atoms with Crippen LogP contribution in [0.4, 0.5) is 17.1 Å². The van der Waals surface area contributed by atoms with Crippen LogP contribution in [0.1, 0.15) is 144 Å². The molecule has 1 heteroatoms. The summed E-state index contributed by atoms with van der Waals surface area (Å²) < 4.78 is 0. The normalized spacial score (nSPS) is 22.2. The molecule has 71 heavy (non-hydrogen) atoms. The number of hydrogen-bond donors (Lipinski definition) is 0. The Bertz CT molecular complexity index is 3410. The highest BCUT2D eigenvalue weighted by atomic mass is 15.1. The van der Waals surface area contributed by atoms with Crippen molar-refractivity contribution in [2.24, 2.45) is 17.8 Å². The SMILES string of the molecule is CC(C)(C)c1ccc2c(c1)C1(c3cc(C(C)(C)C)ccc3-2)c2ccccc2-c2c(N(c3ccc4c(c3)C(C)(C)c3ccccc3-4)c3ccccc3-c3ccc(C45CC6CC(CC(C6)C4)C5)cc3)cccc21. The summed E-state index contributed by atoms with van der Waals surface area (Å²) in [5, 5.41) is 0. The van der Waals surface area contributed by atoms with Gasteiger partial charge in [0.25, 0.3) is 0 Å². The fourth-order valence-electron chi connectivity index (χ4n) is 16.0. The van der Waals surface area contributed by atoms with Gasteiger partial charge in [0.15, 0.2) is 0 Å². The second-order valence-corrected chi connectivity index (χ2v) is 25.5. The summed E-state index contributed by atoms with van der Waals surface area (Å²) in [6.07, 6.45) is 8.55. The lowest BCUT2D eigenvalue weighted by Crippen LogP contribution is -2.48. The number of fused-ring (bicyclic) bond motifs is 13. The molecule has 7 aliphatic carbocycles. The molecule has 1 spiro atoms. The highest BCUT2D eigenvalue weighted by Gasteiger charge is 2.54. The average Bonchev–Trinajstić information content (AvgIpc) is 3.92. The molecule has 0 atom stereocenters. The first-order valence-electron chi connectivity index (χ1n) is 26.9. The molecule has 4 bridgehead atoms. The van der Waals surface area contributed by atoms with Crippen LogP contribution in [-0.4, -0.2) is 0 Å². The van der Waals surface area contributed by atoms with E-state index in [1.165, 1.54) is 145 Å². The average molecular weight is 922 g/mol. The van der Waals surface area contributed by atoms with Gasteiger partial charge in [-0.2, -0.15) is 0 Å². The quantitative estimate of drug-likeness (QED) is 0.166. The highest BCUT2D eigenvalue weighted by Crippen LogP contribution is 2.66. The third-order valence-electron chi connectivity index (χ3n) is 19.0. The van der Waals surface area contributed by atoms with Crippen molar-refractivity contribution in [1.82, 2.24) is 0 Å². The number of para-hydroxylation sites is 1. The van der Waals surface area contributed by atoms with E-state index in [0.29, 0.717) is 5.41 Å². The van der Waals surface area contributed by atoms with Gasteiger partial charge in [0.1, 0.15) is 0 Å².